The van der Waals surface area contributed by atoms with Crippen molar-refractivity contribution in [3.63, 3.8) is 0 Å². The molecule has 0 radical (unpaired) electrons. The summed E-state index contributed by atoms with van der Waals surface area (Å²) in [5.41, 5.74) is 7.62. The van der Waals surface area contributed by atoms with Crippen LogP contribution in [-0.2, 0) is 16.9 Å². The fraction of sp³-hybridized carbons (Fsp3) is 0.435. The zero-order chi connectivity index (χ0) is 18.9. The van der Waals surface area contributed by atoms with Crippen molar-refractivity contribution in [2.24, 2.45) is 5.73 Å². The number of piperidine rings is 1. The Labute approximate surface area is 161 Å². The Balaban J connectivity index is 1.39. The minimum Gasteiger partial charge on any atom is -0.351 e. The van der Waals surface area contributed by atoms with Gasteiger partial charge in [-0.05, 0) is 43.7 Å². The molecule has 0 saturated carbocycles. The molecular weight excluding hydrogens is 334 g/mol. The second-order valence-corrected chi connectivity index (χ2v) is 8.25. The fourth-order valence-electron chi connectivity index (χ4n) is 4.70. The summed E-state index contributed by atoms with van der Waals surface area (Å²) in [7, 11) is 0. The van der Waals surface area contributed by atoms with E-state index in [0.29, 0.717) is 12.1 Å². The van der Waals surface area contributed by atoms with Crippen LogP contribution in [0.2, 0.25) is 0 Å². The number of amides is 1. The third-order valence-corrected chi connectivity index (χ3v) is 6.27. The van der Waals surface area contributed by atoms with Crippen LogP contribution in [-0.4, -0.2) is 28.9 Å². The fourth-order valence-corrected chi connectivity index (χ4v) is 4.70. The molecule has 2 heterocycles. The standard InChI is InChI=1S/C23H29N3O/c1-23(24,18-10-6-3-7-11-18)22(27)25-19-14-20-12-13-21(15-19)26(20)16-17-8-4-2-5-9-17/h2-11,19-21H,12-16,24H2,1H3,(H,25,27). The largest absolute Gasteiger partial charge is 0.351 e. The molecular formula is C23H29N3O. The summed E-state index contributed by atoms with van der Waals surface area (Å²) in [5, 5.41) is 3.25. The van der Waals surface area contributed by atoms with E-state index in [0.717, 1.165) is 24.9 Å². The average molecular weight is 364 g/mol. The maximum Gasteiger partial charge on any atom is 0.244 e. The Hall–Kier alpha value is -2.17. The lowest BCUT2D eigenvalue weighted by Crippen LogP contribution is -2.56. The highest BCUT2D eigenvalue weighted by Crippen LogP contribution is 2.37. The number of rotatable bonds is 5. The average Bonchev–Trinajstić information content (AvgIpc) is 2.91. The maximum absolute atomic E-state index is 12.9. The molecule has 4 rings (SSSR count). The predicted octanol–water partition coefficient (Wildman–Crippen LogP) is 3.17. The Bertz CT molecular complexity index is 761. The van der Waals surface area contributed by atoms with E-state index in [1.165, 1.54) is 18.4 Å². The van der Waals surface area contributed by atoms with E-state index in [1.54, 1.807) is 6.92 Å². The number of hydrogen-bond donors (Lipinski definition) is 2. The highest BCUT2D eigenvalue weighted by atomic mass is 16.2. The van der Waals surface area contributed by atoms with Gasteiger partial charge < -0.3 is 11.1 Å². The summed E-state index contributed by atoms with van der Waals surface area (Å²) in [4.78, 5) is 15.5. The molecule has 2 aliphatic heterocycles. The van der Waals surface area contributed by atoms with Crippen molar-refractivity contribution in [2.75, 3.05) is 0 Å². The molecule has 3 N–H and O–H groups in total. The van der Waals surface area contributed by atoms with Gasteiger partial charge in [0.05, 0.1) is 0 Å². The first-order valence-electron chi connectivity index (χ1n) is 9.99. The topological polar surface area (TPSA) is 58.4 Å². The van der Waals surface area contributed by atoms with Crippen LogP contribution < -0.4 is 11.1 Å². The van der Waals surface area contributed by atoms with Crippen molar-refractivity contribution in [1.29, 1.82) is 0 Å². The molecule has 3 atom stereocenters. The first kappa shape index (κ1) is 18.2. The quantitative estimate of drug-likeness (QED) is 0.858. The van der Waals surface area contributed by atoms with E-state index in [1.807, 2.05) is 30.3 Å². The van der Waals surface area contributed by atoms with Gasteiger partial charge in [-0.15, -0.1) is 0 Å². The first-order valence-corrected chi connectivity index (χ1v) is 9.99. The van der Waals surface area contributed by atoms with Crippen molar-refractivity contribution < 1.29 is 4.79 Å². The van der Waals surface area contributed by atoms with Crippen LogP contribution >= 0.6 is 0 Å². The first-order chi connectivity index (χ1) is 13.0. The third-order valence-electron chi connectivity index (χ3n) is 6.27. The molecule has 4 heteroatoms. The molecule has 4 nitrogen and oxygen atoms in total. The molecule has 0 spiro atoms. The van der Waals surface area contributed by atoms with E-state index < -0.39 is 5.54 Å². The summed E-state index contributed by atoms with van der Waals surface area (Å²) in [5.74, 6) is -0.0744. The van der Waals surface area contributed by atoms with E-state index in [4.69, 9.17) is 5.73 Å². The van der Waals surface area contributed by atoms with Gasteiger partial charge >= 0.3 is 0 Å². The van der Waals surface area contributed by atoms with Crippen molar-refractivity contribution in [3.05, 3.63) is 71.8 Å². The van der Waals surface area contributed by atoms with Crippen molar-refractivity contribution >= 4 is 5.91 Å². The minimum absolute atomic E-state index is 0.0744. The van der Waals surface area contributed by atoms with Crippen molar-refractivity contribution in [3.8, 4) is 0 Å². The summed E-state index contributed by atoms with van der Waals surface area (Å²) in [6.07, 6.45) is 4.48. The smallest absolute Gasteiger partial charge is 0.244 e. The number of nitrogens with zero attached hydrogens (tertiary/aromatic N) is 1. The predicted molar refractivity (Wildman–Crippen MR) is 108 cm³/mol. The zero-order valence-corrected chi connectivity index (χ0v) is 16.0. The van der Waals surface area contributed by atoms with Gasteiger partial charge in [-0.3, -0.25) is 9.69 Å². The monoisotopic (exact) mass is 363 g/mol. The van der Waals surface area contributed by atoms with Crippen LogP contribution in [0.4, 0.5) is 0 Å². The van der Waals surface area contributed by atoms with Crippen LogP contribution in [0.1, 0.15) is 43.7 Å². The molecule has 2 aromatic rings. The van der Waals surface area contributed by atoms with Gasteiger partial charge in [-0.2, -0.15) is 0 Å². The normalized spacial score (nSPS) is 27.1. The van der Waals surface area contributed by atoms with Gasteiger partial charge in [-0.1, -0.05) is 60.7 Å². The molecule has 3 unspecified atom stereocenters. The summed E-state index contributed by atoms with van der Waals surface area (Å²) in [6.45, 7) is 2.81. The van der Waals surface area contributed by atoms with E-state index >= 15 is 0 Å². The lowest BCUT2D eigenvalue weighted by molar-refractivity contribution is -0.127. The number of nitrogens with two attached hydrogens (primary N) is 1. The number of fused-ring (bicyclic) bond motifs is 2. The molecule has 0 aliphatic carbocycles. The Morgan fingerprint density at radius 1 is 1.04 bits per heavy atom. The van der Waals surface area contributed by atoms with E-state index in [2.05, 4.69) is 40.5 Å². The highest BCUT2D eigenvalue weighted by molar-refractivity contribution is 5.87. The minimum atomic E-state index is -0.999. The van der Waals surface area contributed by atoms with Crippen LogP contribution in [0.25, 0.3) is 0 Å². The molecule has 2 fully saturated rings. The SMILES string of the molecule is CC(N)(C(=O)NC1CC2CCC(C1)N2Cc1ccccc1)c1ccccc1. The van der Waals surface area contributed by atoms with Crippen LogP contribution in [0, 0.1) is 0 Å². The van der Waals surface area contributed by atoms with Gasteiger partial charge in [0, 0.05) is 24.7 Å². The van der Waals surface area contributed by atoms with E-state index in [9.17, 15) is 4.79 Å². The molecule has 1 amide bonds. The van der Waals surface area contributed by atoms with Crippen molar-refractivity contribution in [2.45, 2.75) is 62.8 Å². The molecule has 2 bridgehead atoms. The number of benzene rings is 2. The summed E-state index contributed by atoms with van der Waals surface area (Å²) in [6, 6.07) is 21.6. The number of hydrogen-bond acceptors (Lipinski definition) is 3. The zero-order valence-electron chi connectivity index (χ0n) is 16.0. The van der Waals surface area contributed by atoms with Gasteiger partial charge in [0.2, 0.25) is 5.91 Å². The Morgan fingerprint density at radius 3 is 2.19 bits per heavy atom. The molecule has 0 aromatic heterocycles. The Morgan fingerprint density at radius 2 is 1.59 bits per heavy atom. The maximum atomic E-state index is 12.9. The van der Waals surface area contributed by atoms with Crippen LogP contribution in [0.3, 0.4) is 0 Å². The number of carbonyl (C=O) groups excluding carboxylic acids is 1. The van der Waals surface area contributed by atoms with Crippen molar-refractivity contribution in [1.82, 2.24) is 10.2 Å². The molecule has 2 aromatic carbocycles. The second kappa shape index (κ2) is 7.45. The van der Waals surface area contributed by atoms with Crippen LogP contribution in [0.15, 0.2) is 60.7 Å². The summed E-state index contributed by atoms with van der Waals surface area (Å²) >= 11 is 0. The van der Waals surface area contributed by atoms with Gasteiger partial charge in [0.1, 0.15) is 5.54 Å². The third kappa shape index (κ3) is 3.78. The van der Waals surface area contributed by atoms with E-state index in [-0.39, 0.29) is 11.9 Å². The molecule has 2 aliphatic rings. The Kier molecular flexibility index (Phi) is 5.02. The molecule has 142 valence electrons. The highest BCUT2D eigenvalue weighted by Gasteiger charge is 2.42. The van der Waals surface area contributed by atoms with Gasteiger partial charge in [-0.25, -0.2) is 0 Å². The van der Waals surface area contributed by atoms with Gasteiger partial charge in [0.15, 0.2) is 0 Å². The molecule has 27 heavy (non-hydrogen) atoms. The number of nitrogens with one attached hydrogen (secondary N) is 1. The van der Waals surface area contributed by atoms with Crippen LogP contribution in [0.5, 0.6) is 0 Å². The van der Waals surface area contributed by atoms with Gasteiger partial charge in [0.25, 0.3) is 0 Å². The second-order valence-electron chi connectivity index (χ2n) is 8.25. The lowest BCUT2D eigenvalue weighted by Gasteiger charge is -2.40. The molecule has 2 saturated heterocycles. The summed E-state index contributed by atoms with van der Waals surface area (Å²) < 4.78 is 0. The lowest BCUT2D eigenvalue weighted by atomic mass is 9.90. The number of carbonyl (C=O) groups is 1.